The fraction of sp³-hybridized carbons (Fsp3) is 0.0870. The van der Waals surface area contributed by atoms with E-state index in [1.54, 1.807) is 0 Å². The van der Waals surface area contributed by atoms with E-state index in [9.17, 15) is 14.3 Å². The van der Waals surface area contributed by atoms with E-state index in [0.29, 0.717) is 29.6 Å². The second kappa shape index (κ2) is 7.67. The molecule has 1 aliphatic carbocycles. The Morgan fingerprint density at radius 2 is 1.76 bits per heavy atom. The van der Waals surface area contributed by atoms with Crippen molar-refractivity contribution in [3.05, 3.63) is 83.3 Å². The predicted molar refractivity (Wildman–Crippen MR) is 102 cm³/mol. The fourth-order valence-corrected chi connectivity index (χ4v) is 3.89. The molecular weight excluding hydrogens is 378 g/mol. The second-order valence-electron chi connectivity index (χ2n) is 6.82. The first kappa shape index (κ1) is 19.7. The molecule has 5 rings (SSSR count). The van der Waals surface area contributed by atoms with Crippen LogP contribution in [0.15, 0.2) is 60.7 Å². The van der Waals surface area contributed by atoms with Crippen molar-refractivity contribution in [3.8, 4) is 22.5 Å². The number of aromatic carboxylic acids is 1. The van der Waals surface area contributed by atoms with Crippen molar-refractivity contribution in [1.82, 2.24) is 9.97 Å². The van der Waals surface area contributed by atoms with Crippen LogP contribution in [0.3, 0.4) is 0 Å². The number of halogens is 1. The second-order valence-corrected chi connectivity index (χ2v) is 6.82. The molecule has 2 heterocycles. The molecule has 0 fully saturated rings. The molecule has 0 bridgehead atoms. The molecule has 6 heteroatoms. The third kappa shape index (κ3) is 3.35. The standard InChI is InChI=1S/C23H15FN2O2.Na/c24-14-6-9-20-17(12-14)21(23(27)28)16-8-11-19-15(22(16)26-20)7-10-18(25-19)13-4-2-1-3-5-13;/h1-7,9-10,12H,8,11H2,(H,27,28);/q;+1/p-1. The van der Waals surface area contributed by atoms with Crippen molar-refractivity contribution >= 4 is 16.9 Å². The van der Waals surface area contributed by atoms with Crippen LogP contribution in [0, 0.1) is 5.82 Å². The number of carbonyl (C=O) groups is 1. The van der Waals surface area contributed by atoms with Gasteiger partial charge in [-0.1, -0.05) is 30.3 Å². The Morgan fingerprint density at radius 3 is 2.52 bits per heavy atom. The maximum absolute atomic E-state index is 13.7. The molecule has 0 spiro atoms. The van der Waals surface area contributed by atoms with Crippen molar-refractivity contribution in [3.63, 3.8) is 0 Å². The minimum atomic E-state index is -1.31. The van der Waals surface area contributed by atoms with Gasteiger partial charge in [-0.25, -0.2) is 9.37 Å². The van der Waals surface area contributed by atoms with Crippen molar-refractivity contribution in [2.24, 2.45) is 0 Å². The Morgan fingerprint density at radius 1 is 0.966 bits per heavy atom. The number of hydrogen-bond donors (Lipinski definition) is 0. The van der Waals surface area contributed by atoms with E-state index in [0.717, 1.165) is 22.5 Å². The Hall–Kier alpha value is -2.60. The van der Waals surface area contributed by atoms with E-state index < -0.39 is 11.8 Å². The van der Waals surface area contributed by atoms with Gasteiger partial charge in [-0.2, -0.15) is 0 Å². The van der Waals surface area contributed by atoms with Gasteiger partial charge in [0.15, 0.2) is 0 Å². The number of pyridine rings is 2. The van der Waals surface area contributed by atoms with Crippen molar-refractivity contribution in [1.29, 1.82) is 0 Å². The molecular formula is C23H14FN2NaO2. The first-order chi connectivity index (χ1) is 13.6. The Balaban J connectivity index is 0.00000205. The third-order valence-corrected chi connectivity index (χ3v) is 5.16. The number of benzene rings is 2. The first-order valence-corrected chi connectivity index (χ1v) is 9.01. The zero-order chi connectivity index (χ0) is 19.3. The van der Waals surface area contributed by atoms with E-state index in [4.69, 9.17) is 4.98 Å². The maximum Gasteiger partial charge on any atom is 1.00 e. The molecule has 0 radical (unpaired) electrons. The predicted octanol–water partition coefficient (Wildman–Crippen LogP) is 0.569. The van der Waals surface area contributed by atoms with Crippen LogP contribution in [-0.4, -0.2) is 15.9 Å². The van der Waals surface area contributed by atoms with Crippen LogP contribution in [0.1, 0.15) is 21.6 Å². The number of nitrogens with zero attached hydrogens (tertiary/aromatic N) is 2. The molecule has 0 aliphatic heterocycles. The summed E-state index contributed by atoms with van der Waals surface area (Å²) in [7, 11) is 0. The van der Waals surface area contributed by atoms with E-state index in [1.165, 1.54) is 18.2 Å². The van der Waals surface area contributed by atoms with Crippen LogP contribution in [-0.2, 0) is 12.8 Å². The smallest absolute Gasteiger partial charge is 0.545 e. The summed E-state index contributed by atoms with van der Waals surface area (Å²) in [5.74, 6) is -1.81. The van der Waals surface area contributed by atoms with Gasteiger partial charge in [0.25, 0.3) is 0 Å². The summed E-state index contributed by atoms with van der Waals surface area (Å²) < 4.78 is 13.7. The molecule has 4 aromatic rings. The molecule has 4 nitrogen and oxygen atoms in total. The molecule has 0 saturated carbocycles. The van der Waals surface area contributed by atoms with Crippen LogP contribution < -0.4 is 34.7 Å². The van der Waals surface area contributed by atoms with Crippen molar-refractivity contribution < 1.29 is 43.8 Å². The van der Waals surface area contributed by atoms with Gasteiger partial charge >= 0.3 is 29.6 Å². The molecule has 0 amide bonds. The van der Waals surface area contributed by atoms with Gasteiger partial charge < -0.3 is 9.90 Å². The Bertz CT molecular complexity index is 1260. The minimum absolute atomic E-state index is 0. The van der Waals surface area contributed by atoms with Crippen LogP contribution >= 0.6 is 0 Å². The SMILES string of the molecule is O=C([O-])c1c2c(nc3ccc(F)cc13)-c1ccc(-c3ccccc3)nc1CC2.[Na+]. The maximum atomic E-state index is 13.7. The van der Waals surface area contributed by atoms with Gasteiger partial charge in [-0.15, -0.1) is 0 Å². The minimum Gasteiger partial charge on any atom is -0.545 e. The van der Waals surface area contributed by atoms with Gasteiger partial charge in [0, 0.05) is 22.1 Å². The van der Waals surface area contributed by atoms with Crippen LogP contribution in [0.4, 0.5) is 4.39 Å². The number of aryl methyl sites for hydroxylation is 1. The number of carboxylic acids is 1. The van der Waals surface area contributed by atoms with E-state index in [1.807, 2.05) is 42.5 Å². The Kier molecular flexibility index (Phi) is 5.21. The summed E-state index contributed by atoms with van der Waals surface area (Å²) in [4.78, 5) is 21.3. The normalized spacial score (nSPS) is 12.0. The summed E-state index contributed by atoms with van der Waals surface area (Å²) in [5, 5.41) is 12.1. The van der Waals surface area contributed by atoms with E-state index in [2.05, 4.69) is 4.98 Å². The van der Waals surface area contributed by atoms with Gasteiger partial charge in [0.2, 0.25) is 0 Å². The van der Waals surface area contributed by atoms with Gasteiger partial charge in [0.05, 0.1) is 28.6 Å². The molecule has 0 unspecified atom stereocenters. The zero-order valence-electron chi connectivity index (χ0n) is 15.8. The zero-order valence-corrected chi connectivity index (χ0v) is 17.8. The molecule has 2 aromatic heterocycles. The van der Waals surface area contributed by atoms with Gasteiger partial charge in [0.1, 0.15) is 5.82 Å². The van der Waals surface area contributed by atoms with Gasteiger partial charge in [-0.3, -0.25) is 4.98 Å². The average Bonchev–Trinajstić information content (AvgIpc) is 2.72. The molecule has 0 N–H and O–H groups in total. The van der Waals surface area contributed by atoms with E-state index >= 15 is 0 Å². The number of hydrogen-bond acceptors (Lipinski definition) is 4. The van der Waals surface area contributed by atoms with Gasteiger partial charge in [-0.05, 0) is 48.7 Å². The molecule has 136 valence electrons. The summed E-state index contributed by atoms with van der Waals surface area (Å²) in [5.41, 5.74) is 5.21. The summed E-state index contributed by atoms with van der Waals surface area (Å²) in [6.07, 6.45) is 1.06. The van der Waals surface area contributed by atoms with Crippen molar-refractivity contribution in [2.75, 3.05) is 0 Å². The molecule has 0 atom stereocenters. The largest absolute Gasteiger partial charge is 1.00 e. The number of aromatic nitrogens is 2. The third-order valence-electron chi connectivity index (χ3n) is 5.16. The first-order valence-electron chi connectivity index (χ1n) is 9.01. The molecule has 1 aliphatic rings. The molecule has 0 saturated heterocycles. The van der Waals surface area contributed by atoms with Crippen molar-refractivity contribution in [2.45, 2.75) is 12.8 Å². The summed E-state index contributed by atoms with van der Waals surface area (Å²) in [6, 6.07) is 17.7. The average molecular weight is 392 g/mol. The topological polar surface area (TPSA) is 65.9 Å². The fourth-order valence-electron chi connectivity index (χ4n) is 3.89. The number of carboxylic acid groups (broad SMARTS) is 1. The van der Waals surface area contributed by atoms with Crippen LogP contribution in [0.2, 0.25) is 0 Å². The van der Waals surface area contributed by atoms with Crippen LogP contribution in [0.5, 0.6) is 0 Å². The summed E-state index contributed by atoms with van der Waals surface area (Å²) in [6.45, 7) is 0. The summed E-state index contributed by atoms with van der Waals surface area (Å²) >= 11 is 0. The molecule has 29 heavy (non-hydrogen) atoms. The monoisotopic (exact) mass is 392 g/mol. The van der Waals surface area contributed by atoms with E-state index in [-0.39, 0.29) is 40.5 Å². The van der Waals surface area contributed by atoms with Crippen LogP contribution in [0.25, 0.3) is 33.4 Å². The molecule has 2 aromatic carbocycles. The number of fused-ring (bicyclic) bond motifs is 4. The number of rotatable bonds is 2. The Labute approximate surface area is 188 Å². The quantitative estimate of drug-likeness (QED) is 0.468. The number of carbonyl (C=O) groups excluding carboxylic acids is 1.